The van der Waals surface area contributed by atoms with Gasteiger partial charge in [-0.2, -0.15) is 0 Å². The molecule has 3 heterocycles. The minimum Gasteiger partial charge on any atom is -0.505 e. The lowest BCUT2D eigenvalue weighted by molar-refractivity contribution is 0.0461. The Bertz CT molecular complexity index is 1380. The maximum absolute atomic E-state index is 11.0. The first-order chi connectivity index (χ1) is 16.3. The second kappa shape index (κ2) is 8.86. The van der Waals surface area contributed by atoms with Gasteiger partial charge in [-0.15, -0.1) is 0 Å². The first-order valence-electron chi connectivity index (χ1n) is 11.3. The Morgan fingerprint density at radius 2 is 1.41 bits per heavy atom. The van der Waals surface area contributed by atoms with Crippen molar-refractivity contribution in [3.8, 4) is 11.5 Å². The van der Waals surface area contributed by atoms with Gasteiger partial charge >= 0.3 is 0 Å². The van der Waals surface area contributed by atoms with Gasteiger partial charge < -0.3 is 10.2 Å². The third kappa shape index (κ3) is 3.95. The molecule has 2 aromatic heterocycles. The highest BCUT2D eigenvalue weighted by Crippen LogP contribution is 2.41. The molecule has 1 fully saturated rings. The minimum atomic E-state index is -0.441. The maximum Gasteiger partial charge on any atom is 0.146 e. The van der Waals surface area contributed by atoms with E-state index in [-0.39, 0.29) is 11.5 Å². The zero-order valence-corrected chi connectivity index (χ0v) is 20.6. The molecule has 1 saturated heterocycles. The van der Waals surface area contributed by atoms with Crippen molar-refractivity contribution in [3.63, 3.8) is 0 Å². The van der Waals surface area contributed by atoms with Crippen molar-refractivity contribution in [2.75, 3.05) is 26.2 Å². The highest BCUT2D eigenvalue weighted by Gasteiger charge is 2.35. The molecule has 8 heteroatoms. The van der Waals surface area contributed by atoms with Crippen LogP contribution >= 0.6 is 23.2 Å². The number of hydrogen-bond donors (Lipinski definition) is 2. The van der Waals surface area contributed by atoms with Crippen LogP contribution in [0.2, 0.25) is 10.0 Å². The van der Waals surface area contributed by atoms with E-state index < -0.39 is 5.54 Å². The molecule has 0 aliphatic carbocycles. The van der Waals surface area contributed by atoms with Crippen LogP contribution in [0.25, 0.3) is 21.8 Å². The number of piperazine rings is 1. The Labute approximate surface area is 208 Å². The van der Waals surface area contributed by atoms with Crippen molar-refractivity contribution >= 4 is 45.0 Å². The number of phenolic OH excluding ortho intramolecular Hbond substituents is 2. The van der Waals surface area contributed by atoms with E-state index in [9.17, 15) is 10.2 Å². The third-order valence-electron chi connectivity index (χ3n) is 6.93. The molecule has 0 spiro atoms. The fraction of sp³-hybridized carbons (Fsp3) is 0.308. The van der Waals surface area contributed by atoms with Crippen LogP contribution in [0, 0.1) is 0 Å². The third-order valence-corrected chi connectivity index (χ3v) is 7.55. The minimum absolute atomic E-state index is 0.177. The highest BCUT2D eigenvalue weighted by molar-refractivity contribution is 6.36. The second-order valence-electron chi connectivity index (χ2n) is 9.24. The predicted octanol–water partition coefficient (Wildman–Crippen LogP) is 5.55. The number of fused-ring (bicyclic) bond motifs is 2. The van der Waals surface area contributed by atoms with Gasteiger partial charge in [0, 0.05) is 72.6 Å². The molecule has 6 nitrogen and oxygen atoms in total. The quantitative estimate of drug-likeness (QED) is 0.385. The standard InChI is InChI=1S/C26H26Cl2N4O2/c1-26(2,19-14-21(28)18-6-4-8-30-23(18)25(19)34)32-11-9-31(10-12-32)15-16-13-20(27)17-5-3-7-29-22(17)24(16)33/h3-8,13-14,33-34H,9-12,15H2,1-2H3. The van der Waals surface area contributed by atoms with Gasteiger partial charge in [0.05, 0.1) is 10.0 Å². The molecule has 34 heavy (non-hydrogen) atoms. The van der Waals surface area contributed by atoms with Crippen molar-refractivity contribution in [3.05, 3.63) is 70.0 Å². The van der Waals surface area contributed by atoms with Crippen molar-refractivity contribution in [1.29, 1.82) is 0 Å². The van der Waals surface area contributed by atoms with Crippen LogP contribution in [0.1, 0.15) is 25.0 Å². The summed E-state index contributed by atoms with van der Waals surface area (Å²) in [6.07, 6.45) is 3.32. The molecular formula is C26H26Cl2N4O2. The van der Waals surface area contributed by atoms with Gasteiger partial charge in [0.2, 0.25) is 0 Å². The number of halogens is 2. The van der Waals surface area contributed by atoms with Crippen LogP contribution in [0.4, 0.5) is 0 Å². The molecule has 176 valence electrons. The Kier molecular flexibility index (Phi) is 6.02. The Balaban J connectivity index is 1.35. The molecule has 1 aliphatic rings. The van der Waals surface area contributed by atoms with E-state index in [2.05, 4.69) is 33.6 Å². The molecular weight excluding hydrogens is 471 g/mol. The topological polar surface area (TPSA) is 72.7 Å². The van der Waals surface area contributed by atoms with Crippen LogP contribution < -0.4 is 0 Å². The average molecular weight is 497 g/mol. The summed E-state index contributed by atoms with van der Waals surface area (Å²) in [5.41, 5.74) is 2.15. The average Bonchev–Trinajstić information content (AvgIpc) is 2.85. The number of rotatable bonds is 4. The summed E-state index contributed by atoms with van der Waals surface area (Å²) in [5, 5.41) is 24.5. The Morgan fingerprint density at radius 3 is 2.03 bits per heavy atom. The fourth-order valence-corrected chi connectivity index (χ4v) is 5.43. The van der Waals surface area contributed by atoms with E-state index in [0.29, 0.717) is 27.6 Å². The van der Waals surface area contributed by atoms with Gasteiger partial charge in [0.1, 0.15) is 22.5 Å². The first-order valence-corrected chi connectivity index (χ1v) is 12.0. The molecule has 2 aromatic carbocycles. The molecule has 4 aromatic rings. The van der Waals surface area contributed by atoms with E-state index in [0.717, 1.165) is 48.1 Å². The normalized spacial score (nSPS) is 15.9. The zero-order chi connectivity index (χ0) is 24.0. The smallest absolute Gasteiger partial charge is 0.146 e. The molecule has 5 rings (SSSR count). The van der Waals surface area contributed by atoms with Gasteiger partial charge in [-0.3, -0.25) is 19.8 Å². The van der Waals surface area contributed by atoms with E-state index >= 15 is 0 Å². The SMILES string of the molecule is CC(C)(c1cc(Cl)c2cccnc2c1O)N1CCN(Cc2cc(Cl)c3cccnc3c2O)CC1. The lowest BCUT2D eigenvalue weighted by Crippen LogP contribution is -2.53. The maximum atomic E-state index is 11.0. The lowest BCUT2D eigenvalue weighted by Gasteiger charge is -2.44. The molecule has 2 N–H and O–H groups in total. The Morgan fingerprint density at radius 1 is 0.853 bits per heavy atom. The Hall–Kier alpha value is -2.64. The predicted molar refractivity (Wildman–Crippen MR) is 137 cm³/mol. The molecule has 0 amide bonds. The van der Waals surface area contributed by atoms with Gasteiger partial charge in [0.25, 0.3) is 0 Å². The fourth-order valence-electron chi connectivity index (χ4n) is 4.89. The molecule has 0 unspecified atom stereocenters. The molecule has 0 radical (unpaired) electrons. The summed E-state index contributed by atoms with van der Waals surface area (Å²) in [6, 6.07) is 11.0. The van der Waals surface area contributed by atoms with Crippen molar-refractivity contribution in [1.82, 2.24) is 19.8 Å². The lowest BCUT2D eigenvalue weighted by atomic mass is 9.89. The van der Waals surface area contributed by atoms with E-state index in [1.165, 1.54) is 0 Å². The summed E-state index contributed by atoms with van der Waals surface area (Å²) in [6.45, 7) is 7.99. The van der Waals surface area contributed by atoms with Crippen LogP contribution in [0.15, 0.2) is 48.8 Å². The molecule has 1 aliphatic heterocycles. The monoisotopic (exact) mass is 496 g/mol. The number of pyridine rings is 2. The molecule has 0 atom stereocenters. The van der Waals surface area contributed by atoms with Crippen LogP contribution in [-0.2, 0) is 12.1 Å². The van der Waals surface area contributed by atoms with Gasteiger partial charge in [-0.05, 0) is 50.2 Å². The first kappa shape index (κ1) is 23.1. The number of aromatic nitrogens is 2. The van der Waals surface area contributed by atoms with Crippen LogP contribution in [-0.4, -0.2) is 56.2 Å². The van der Waals surface area contributed by atoms with Gasteiger partial charge in [-0.1, -0.05) is 23.2 Å². The second-order valence-corrected chi connectivity index (χ2v) is 10.1. The number of nitrogens with zero attached hydrogens (tertiary/aromatic N) is 4. The van der Waals surface area contributed by atoms with Crippen molar-refractivity contribution in [2.45, 2.75) is 25.9 Å². The number of aromatic hydroxyl groups is 2. The van der Waals surface area contributed by atoms with Gasteiger partial charge in [-0.25, -0.2) is 0 Å². The number of hydrogen-bond acceptors (Lipinski definition) is 6. The van der Waals surface area contributed by atoms with Crippen molar-refractivity contribution < 1.29 is 10.2 Å². The van der Waals surface area contributed by atoms with E-state index in [1.807, 2.05) is 36.4 Å². The largest absolute Gasteiger partial charge is 0.505 e. The van der Waals surface area contributed by atoms with E-state index in [1.54, 1.807) is 12.4 Å². The summed E-state index contributed by atoms with van der Waals surface area (Å²) >= 11 is 13.0. The molecule has 0 saturated carbocycles. The number of benzene rings is 2. The summed E-state index contributed by atoms with van der Waals surface area (Å²) in [4.78, 5) is 13.3. The van der Waals surface area contributed by atoms with Crippen LogP contribution in [0.5, 0.6) is 11.5 Å². The number of phenols is 2. The highest BCUT2D eigenvalue weighted by atomic mass is 35.5. The summed E-state index contributed by atoms with van der Waals surface area (Å²) in [5.74, 6) is 0.363. The summed E-state index contributed by atoms with van der Waals surface area (Å²) in [7, 11) is 0. The van der Waals surface area contributed by atoms with Crippen molar-refractivity contribution in [2.24, 2.45) is 0 Å². The summed E-state index contributed by atoms with van der Waals surface area (Å²) < 4.78 is 0. The van der Waals surface area contributed by atoms with E-state index in [4.69, 9.17) is 23.2 Å². The van der Waals surface area contributed by atoms with Crippen LogP contribution in [0.3, 0.4) is 0 Å². The molecule has 0 bridgehead atoms. The zero-order valence-electron chi connectivity index (χ0n) is 19.1. The van der Waals surface area contributed by atoms with Gasteiger partial charge in [0.15, 0.2) is 0 Å².